The van der Waals surface area contributed by atoms with Gasteiger partial charge in [-0.05, 0) is 54.8 Å². The molecule has 4 heteroatoms. The number of anilines is 1. The van der Waals surface area contributed by atoms with Gasteiger partial charge >= 0.3 is 0 Å². The van der Waals surface area contributed by atoms with E-state index in [1.165, 1.54) is 11.3 Å². The van der Waals surface area contributed by atoms with E-state index < -0.39 is 0 Å². The number of halogens is 2. The predicted molar refractivity (Wildman–Crippen MR) is 96.1 cm³/mol. The number of nitrogens with zero attached hydrogens (tertiary/aromatic N) is 1. The summed E-state index contributed by atoms with van der Waals surface area (Å²) in [6.45, 7) is 0.973. The van der Waals surface area contributed by atoms with Crippen LogP contribution in [0.15, 0.2) is 53.0 Å². The van der Waals surface area contributed by atoms with Crippen molar-refractivity contribution in [1.29, 1.82) is 0 Å². The number of methoxy groups -OCH3 is 1. The first-order chi connectivity index (χ1) is 10.7. The highest BCUT2D eigenvalue weighted by Gasteiger charge is 2.28. The van der Waals surface area contributed by atoms with E-state index in [9.17, 15) is 0 Å². The molecule has 2 atom stereocenters. The largest absolute Gasteiger partial charge is 0.497 e. The van der Waals surface area contributed by atoms with Crippen LogP contribution in [0.25, 0.3) is 0 Å². The van der Waals surface area contributed by atoms with E-state index >= 15 is 0 Å². The molecule has 1 aliphatic heterocycles. The predicted octanol–water partition coefficient (Wildman–Crippen LogP) is 5.41. The first-order valence-corrected chi connectivity index (χ1v) is 8.70. The van der Waals surface area contributed by atoms with E-state index in [0.717, 1.165) is 29.6 Å². The van der Waals surface area contributed by atoms with Crippen molar-refractivity contribution in [3.8, 4) is 5.75 Å². The smallest absolute Gasteiger partial charge is 0.119 e. The molecule has 1 heterocycles. The second-order valence-corrected chi connectivity index (χ2v) is 7.11. The monoisotopic (exact) mass is 379 g/mol. The lowest BCUT2D eigenvalue weighted by molar-refractivity contribution is 0.414. The minimum Gasteiger partial charge on any atom is -0.497 e. The Bertz CT molecular complexity index is 614. The standard InChI is InChI=1S/C18H19BrClNO/c1-22-17-8-6-16(7-9-17)21-11-10-15(20)12-18(21)13-2-4-14(19)5-3-13/h2-9,15,18H,10-12H2,1H3. The van der Waals surface area contributed by atoms with Gasteiger partial charge in [0.15, 0.2) is 0 Å². The lowest BCUT2D eigenvalue weighted by atomic mass is 9.94. The molecule has 1 saturated heterocycles. The zero-order valence-electron chi connectivity index (χ0n) is 12.5. The SMILES string of the molecule is COc1ccc(N2CCC(Cl)CC2c2ccc(Br)cc2)cc1. The second-order valence-electron chi connectivity index (χ2n) is 5.58. The average molecular weight is 381 g/mol. The molecule has 1 fully saturated rings. The van der Waals surface area contributed by atoms with Crippen molar-refractivity contribution in [2.75, 3.05) is 18.6 Å². The minimum atomic E-state index is 0.239. The van der Waals surface area contributed by atoms with Crippen molar-refractivity contribution in [2.45, 2.75) is 24.3 Å². The van der Waals surface area contributed by atoms with Gasteiger partial charge in [0.25, 0.3) is 0 Å². The third kappa shape index (κ3) is 3.41. The van der Waals surface area contributed by atoms with Crippen molar-refractivity contribution < 1.29 is 4.74 Å². The van der Waals surface area contributed by atoms with E-state index in [1.54, 1.807) is 7.11 Å². The fraction of sp³-hybridized carbons (Fsp3) is 0.333. The third-order valence-corrected chi connectivity index (χ3v) is 5.12. The third-order valence-electron chi connectivity index (χ3n) is 4.20. The highest BCUT2D eigenvalue weighted by atomic mass is 79.9. The van der Waals surface area contributed by atoms with Gasteiger partial charge in [-0.25, -0.2) is 0 Å². The van der Waals surface area contributed by atoms with Crippen LogP contribution < -0.4 is 9.64 Å². The van der Waals surface area contributed by atoms with Crippen LogP contribution in [0.4, 0.5) is 5.69 Å². The molecular formula is C18H19BrClNO. The van der Waals surface area contributed by atoms with Gasteiger partial charge in [-0.3, -0.25) is 0 Å². The molecule has 0 radical (unpaired) electrons. The fourth-order valence-corrected chi connectivity index (χ4v) is 3.54. The van der Waals surface area contributed by atoms with Gasteiger partial charge in [-0.1, -0.05) is 28.1 Å². The van der Waals surface area contributed by atoms with E-state index in [1.807, 2.05) is 12.1 Å². The Hall–Kier alpha value is -1.19. The van der Waals surface area contributed by atoms with Gasteiger partial charge < -0.3 is 9.64 Å². The second kappa shape index (κ2) is 6.93. The lowest BCUT2D eigenvalue weighted by Crippen LogP contribution is -2.37. The maximum absolute atomic E-state index is 6.44. The summed E-state index contributed by atoms with van der Waals surface area (Å²) in [7, 11) is 1.69. The summed E-state index contributed by atoms with van der Waals surface area (Å²) in [6, 6.07) is 17.1. The summed E-state index contributed by atoms with van der Waals surface area (Å²) in [5, 5.41) is 0.239. The molecule has 2 nitrogen and oxygen atoms in total. The van der Waals surface area contributed by atoms with Crippen LogP contribution in [0.5, 0.6) is 5.75 Å². The first kappa shape index (κ1) is 15.7. The summed E-state index contributed by atoms with van der Waals surface area (Å²) in [5.41, 5.74) is 2.53. The normalized spacial score (nSPS) is 21.7. The van der Waals surface area contributed by atoms with Gasteiger partial charge in [-0.2, -0.15) is 0 Å². The number of hydrogen-bond acceptors (Lipinski definition) is 2. The van der Waals surface area contributed by atoms with Crippen molar-refractivity contribution in [1.82, 2.24) is 0 Å². The zero-order valence-corrected chi connectivity index (χ0v) is 14.8. The zero-order chi connectivity index (χ0) is 15.5. The van der Waals surface area contributed by atoms with Crippen LogP contribution in [-0.4, -0.2) is 19.0 Å². The maximum Gasteiger partial charge on any atom is 0.119 e. The molecule has 3 rings (SSSR count). The molecule has 22 heavy (non-hydrogen) atoms. The Morgan fingerprint density at radius 2 is 1.77 bits per heavy atom. The molecule has 0 spiro atoms. The van der Waals surface area contributed by atoms with Gasteiger partial charge in [0.05, 0.1) is 13.2 Å². The summed E-state index contributed by atoms with van der Waals surface area (Å²) in [6.07, 6.45) is 1.98. The van der Waals surface area contributed by atoms with Gasteiger partial charge in [0.1, 0.15) is 5.75 Å². The maximum atomic E-state index is 6.44. The molecule has 0 amide bonds. The Morgan fingerprint density at radius 3 is 2.41 bits per heavy atom. The van der Waals surface area contributed by atoms with Crippen LogP contribution in [0, 0.1) is 0 Å². The quantitative estimate of drug-likeness (QED) is 0.660. The average Bonchev–Trinajstić information content (AvgIpc) is 2.56. The highest BCUT2D eigenvalue weighted by Crippen LogP contribution is 2.37. The topological polar surface area (TPSA) is 12.5 Å². The van der Waals surface area contributed by atoms with Crippen LogP contribution in [0.3, 0.4) is 0 Å². The number of hydrogen-bond donors (Lipinski definition) is 0. The van der Waals surface area contributed by atoms with E-state index in [4.69, 9.17) is 16.3 Å². The number of benzene rings is 2. The Morgan fingerprint density at radius 1 is 1.09 bits per heavy atom. The van der Waals surface area contributed by atoms with Crippen molar-refractivity contribution in [2.24, 2.45) is 0 Å². The molecule has 0 saturated carbocycles. The minimum absolute atomic E-state index is 0.239. The summed E-state index contributed by atoms with van der Waals surface area (Å²) < 4.78 is 6.36. The lowest BCUT2D eigenvalue weighted by Gasteiger charge is -2.40. The van der Waals surface area contributed by atoms with Crippen LogP contribution in [-0.2, 0) is 0 Å². The van der Waals surface area contributed by atoms with Crippen molar-refractivity contribution >= 4 is 33.2 Å². The molecule has 116 valence electrons. The molecule has 0 N–H and O–H groups in total. The summed E-state index contributed by atoms with van der Waals surface area (Å²) in [5.74, 6) is 0.885. The number of ether oxygens (including phenoxy) is 1. The van der Waals surface area contributed by atoms with Gasteiger partial charge in [0, 0.05) is 22.1 Å². The molecular weight excluding hydrogens is 362 g/mol. The first-order valence-electron chi connectivity index (χ1n) is 7.47. The van der Waals surface area contributed by atoms with Gasteiger partial charge in [0.2, 0.25) is 0 Å². The number of rotatable bonds is 3. The molecule has 2 aromatic rings. The van der Waals surface area contributed by atoms with E-state index in [0.29, 0.717) is 6.04 Å². The van der Waals surface area contributed by atoms with Crippen LogP contribution in [0.2, 0.25) is 0 Å². The molecule has 0 bridgehead atoms. The van der Waals surface area contributed by atoms with Crippen LogP contribution >= 0.6 is 27.5 Å². The molecule has 1 aliphatic rings. The number of alkyl halides is 1. The molecule has 0 aliphatic carbocycles. The Balaban J connectivity index is 1.90. The molecule has 2 aromatic carbocycles. The van der Waals surface area contributed by atoms with Crippen molar-refractivity contribution in [3.63, 3.8) is 0 Å². The molecule has 2 unspecified atom stereocenters. The summed E-state index contributed by atoms with van der Waals surface area (Å²) >= 11 is 9.94. The van der Waals surface area contributed by atoms with Crippen LogP contribution in [0.1, 0.15) is 24.4 Å². The highest BCUT2D eigenvalue weighted by molar-refractivity contribution is 9.10. The fourth-order valence-electron chi connectivity index (χ4n) is 3.01. The molecule has 0 aromatic heterocycles. The van der Waals surface area contributed by atoms with E-state index in [2.05, 4.69) is 57.2 Å². The van der Waals surface area contributed by atoms with Gasteiger partial charge in [-0.15, -0.1) is 11.6 Å². The van der Waals surface area contributed by atoms with Crippen molar-refractivity contribution in [3.05, 3.63) is 58.6 Å². The summed E-state index contributed by atoms with van der Waals surface area (Å²) in [4.78, 5) is 2.45. The Labute approximate surface area is 145 Å². The Kier molecular flexibility index (Phi) is 4.94. The number of piperidine rings is 1. The van der Waals surface area contributed by atoms with E-state index in [-0.39, 0.29) is 5.38 Å².